The van der Waals surface area contributed by atoms with Gasteiger partial charge >= 0.3 is 0 Å². The molecule has 0 aliphatic rings. The fourth-order valence-corrected chi connectivity index (χ4v) is 3.89. The molecule has 0 atom stereocenters. The zero-order chi connectivity index (χ0) is 18.0. The Morgan fingerprint density at radius 3 is 2.52 bits per heavy atom. The van der Waals surface area contributed by atoms with Gasteiger partial charge < -0.3 is 10.1 Å². The minimum absolute atomic E-state index is 0.249. The van der Waals surface area contributed by atoms with Crippen LogP contribution in [0.2, 0.25) is 0 Å². The van der Waals surface area contributed by atoms with Gasteiger partial charge in [-0.25, -0.2) is 13.4 Å². The van der Waals surface area contributed by atoms with Crippen molar-refractivity contribution < 1.29 is 17.9 Å². The van der Waals surface area contributed by atoms with Crippen molar-refractivity contribution in [3.63, 3.8) is 0 Å². The third-order valence-corrected chi connectivity index (χ3v) is 4.90. The van der Waals surface area contributed by atoms with E-state index in [-0.39, 0.29) is 11.0 Å². The van der Waals surface area contributed by atoms with E-state index in [1.54, 1.807) is 49.6 Å². The van der Waals surface area contributed by atoms with E-state index < -0.39 is 10.0 Å². The Morgan fingerprint density at radius 1 is 1.16 bits per heavy atom. The fourth-order valence-electron chi connectivity index (χ4n) is 2.15. The van der Waals surface area contributed by atoms with Gasteiger partial charge in [0.05, 0.1) is 23.6 Å². The number of hydrogen-bond donors (Lipinski definition) is 2. The van der Waals surface area contributed by atoms with Gasteiger partial charge in [0.15, 0.2) is 5.13 Å². The smallest absolute Gasteiger partial charge is 0.255 e. The standard InChI is InChI=1S/C16H15N3O4S2/c1-23-12-6-3-10(4-7-12)15(20)17-11-5-8-13-14(9-11)24-16(18-13)19-25(2,21)22/h3-9H,1-2H3,(H,17,20)(H,18,19). The quantitative estimate of drug-likeness (QED) is 0.712. The monoisotopic (exact) mass is 377 g/mol. The van der Waals surface area contributed by atoms with Crippen molar-refractivity contribution >= 4 is 48.3 Å². The lowest BCUT2D eigenvalue weighted by Gasteiger charge is -2.06. The van der Waals surface area contributed by atoms with E-state index in [1.165, 1.54) is 11.3 Å². The van der Waals surface area contributed by atoms with Crippen molar-refractivity contribution in [3.8, 4) is 5.75 Å². The first-order valence-electron chi connectivity index (χ1n) is 7.18. The van der Waals surface area contributed by atoms with Crippen LogP contribution in [-0.4, -0.2) is 32.7 Å². The first-order valence-corrected chi connectivity index (χ1v) is 9.88. The predicted octanol–water partition coefficient (Wildman–Crippen LogP) is 2.93. The number of carbonyl (C=O) groups is 1. The van der Waals surface area contributed by atoms with Crippen molar-refractivity contribution in [1.82, 2.24) is 4.98 Å². The summed E-state index contributed by atoms with van der Waals surface area (Å²) >= 11 is 1.20. The van der Waals surface area contributed by atoms with E-state index in [1.807, 2.05) is 0 Å². The van der Waals surface area contributed by atoms with Gasteiger partial charge in [-0.3, -0.25) is 9.52 Å². The lowest BCUT2D eigenvalue weighted by atomic mass is 10.2. The van der Waals surface area contributed by atoms with Crippen molar-refractivity contribution in [2.24, 2.45) is 0 Å². The van der Waals surface area contributed by atoms with E-state index in [2.05, 4.69) is 15.0 Å². The van der Waals surface area contributed by atoms with E-state index >= 15 is 0 Å². The highest BCUT2D eigenvalue weighted by Crippen LogP contribution is 2.29. The average Bonchev–Trinajstić information content (AvgIpc) is 2.94. The molecule has 9 heteroatoms. The second kappa shape index (κ2) is 6.69. The Morgan fingerprint density at radius 2 is 1.88 bits per heavy atom. The molecule has 0 unspecified atom stereocenters. The molecule has 130 valence electrons. The summed E-state index contributed by atoms with van der Waals surface area (Å²) in [6.07, 6.45) is 1.07. The molecule has 0 bridgehead atoms. The number of amides is 1. The summed E-state index contributed by atoms with van der Waals surface area (Å²) < 4.78 is 30.7. The molecule has 1 heterocycles. The number of benzene rings is 2. The van der Waals surface area contributed by atoms with E-state index in [0.717, 1.165) is 11.0 Å². The molecular formula is C16H15N3O4S2. The molecule has 0 radical (unpaired) electrons. The third-order valence-electron chi connectivity index (χ3n) is 3.27. The molecule has 2 N–H and O–H groups in total. The molecular weight excluding hydrogens is 362 g/mol. The number of carbonyl (C=O) groups excluding carboxylic acids is 1. The zero-order valence-corrected chi connectivity index (χ0v) is 15.1. The summed E-state index contributed by atoms with van der Waals surface area (Å²) in [7, 11) is -1.82. The SMILES string of the molecule is COc1ccc(C(=O)Nc2ccc3nc(NS(C)(=O)=O)sc3c2)cc1. The summed E-state index contributed by atoms with van der Waals surface area (Å²) in [6.45, 7) is 0. The van der Waals surface area contributed by atoms with Gasteiger partial charge in [-0.15, -0.1) is 0 Å². The number of fused-ring (bicyclic) bond motifs is 1. The van der Waals surface area contributed by atoms with Crippen molar-refractivity contribution in [3.05, 3.63) is 48.0 Å². The molecule has 0 aliphatic carbocycles. The van der Waals surface area contributed by atoms with Crippen molar-refractivity contribution in [2.75, 3.05) is 23.4 Å². The summed E-state index contributed by atoms with van der Waals surface area (Å²) in [5.74, 6) is 0.425. The van der Waals surface area contributed by atoms with Gasteiger partial charge in [0.2, 0.25) is 10.0 Å². The Bertz CT molecular complexity index is 1030. The highest BCUT2D eigenvalue weighted by Gasteiger charge is 2.11. The number of methoxy groups -OCH3 is 1. The molecule has 0 saturated carbocycles. The molecule has 0 saturated heterocycles. The minimum atomic E-state index is -3.38. The third kappa shape index (κ3) is 4.25. The van der Waals surface area contributed by atoms with Crippen LogP contribution in [-0.2, 0) is 10.0 Å². The molecule has 0 spiro atoms. The van der Waals surface area contributed by atoms with Gasteiger partial charge in [0.1, 0.15) is 5.75 Å². The van der Waals surface area contributed by atoms with Crippen LogP contribution >= 0.6 is 11.3 Å². The molecule has 0 fully saturated rings. The van der Waals surface area contributed by atoms with Crippen LogP contribution in [0.15, 0.2) is 42.5 Å². The number of nitrogens with one attached hydrogen (secondary N) is 2. The minimum Gasteiger partial charge on any atom is -0.497 e. The number of ether oxygens (including phenoxy) is 1. The second-order valence-electron chi connectivity index (χ2n) is 5.26. The second-order valence-corrected chi connectivity index (χ2v) is 8.04. The molecule has 3 aromatic rings. The number of nitrogens with zero attached hydrogens (tertiary/aromatic N) is 1. The van der Waals surface area contributed by atoms with Crippen LogP contribution in [0.3, 0.4) is 0 Å². The van der Waals surface area contributed by atoms with Crippen LogP contribution in [0.1, 0.15) is 10.4 Å². The van der Waals surface area contributed by atoms with Crippen LogP contribution in [0, 0.1) is 0 Å². The Balaban J connectivity index is 1.80. The lowest BCUT2D eigenvalue weighted by molar-refractivity contribution is 0.102. The first kappa shape index (κ1) is 17.2. The van der Waals surface area contributed by atoms with Gasteiger partial charge in [-0.2, -0.15) is 0 Å². The maximum atomic E-state index is 12.3. The molecule has 3 rings (SSSR count). The molecule has 7 nitrogen and oxygen atoms in total. The average molecular weight is 377 g/mol. The van der Waals surface area contributed by atoms with Crippen LogP contribution < -0.4 is 14.8 Å². The summed E-state index contributed by atoms with van der Waals surface area (Å²) in [4.78, 5) is 16.5. The molecule has 2 aromatic carbocycles. The number of anilines is 2. The normalized spacial score (nSPS) is 11.3. The molecule has 1 aromatic heterocycles. The van der Waals surface area contributed by atoms with Gasteiger partial charge in [0, 0.05) is 11.3 Å². The topological polar surface area (TPSA) is 97.4 Å². The molecule has 1 amide bonds. The molecule has 0 aliphatic heterocycles. The van der Waals surface area contributed by atoms with E-state index in [0.29, 0.717) is 22.5 Å². The van der Waals surface area contributed by atoms with Gasteiger partial charge in [-0.1, -0.05) is 11.3 Å². The van der Waals surface area contributed by atoms with Gasteiger partial charge in [0.25, 0.3) is 5.91 Å². The number of aromatic nitrogens is 1. The number of rotatable bonds is 5. The van der Waals surface area contributed by atoms with E-state index in [4.69, 9.17) is 4.74 Å². The van der Waals surface area contributed by atoms with Gasteiger partial charge in [-0.05, 0) is 42.5 Å². The highest BCUT2D eigenvalue weighted by molar-refractivity contribution is 7.92. The zero-order valence-electron chi connectivity index (χ0n) is 13.4. The predicted molar refractivity (Wildman–Crippen MR) is 99.0 cm³/mol. The lowest BCUT2D eigenvalue weighted by Crippen LogP contribution is -2.11. The number of sulfonamides is 1. The van der Waals surface area contributed by atoms with Crippen molar-refractivity contribution in [1.29, 1.82) is 0 Å². The highest BCUT2D eigenvalue weighted by atomic mass is 32.2. The summed E-state index contributed by atoms with van der Waals surface area (Å²) in [5.41, 5.74) is 1.76. The Labute approximate surface area is 148 Å². The Hall–Kier alpha value is -2.65. The van der Waals surface area contributed by atoms with Crippen LogP contribution in [0.25, 0.3) is 10.2 Å². The maximum absolute atomic E-state index is 12.3. The summed E-state index contributed by atoms with van der Waals surface area (Å²) in [5, 5.41) is 3.09. The largest absolute Gasteiger partial charge is 0.497 e. The Kier molecular flexibility index (Phi) is 4.60. The van der Waals surface area contributed by atoms with Crippen LogP contribution in [0.4, 0.5) is 10.8 Å². The van der Waals surface area contributed by atoms with Crippen molar-refractivity contribution in [2.45, 2.75) is 0 Å². The van der Waals surface area contributed by atoms with Crippen LogP contribution in [0.5, 0.6) is 5.75 Å². The number of thiazole rings is 1. The maximum Gasteiger partial charge on any atom is 0.255 e. The van der Waals surface area contributed by atoms with E-state index in [9.17, 15) is 13.2 Å². The first-order chi connectivity index (χ1) is 11.8. The summed E-state index contributed by atoms with van der Waals surface area (Å²) in [6, 6.07) is 12.0. The number of hydrogen-bond acceptors (Lipinski definition) is 6. The molecule has 25 heavy (non-hydrogen) atoms. The fraction of sp³-hybridized carbons (Fsp3) is 0.125.